The largest absolute Gasteiger partial charge is 0.492 e. The van der Waals surface area contributed by atoms with Gasteiger partial charge in [0.05, 0.1) is 0 Å². The molecule has 0 aliphatic carbocycles. The lowest BCUT2D eigenvalue weighted by Crippen LogP contribution is -2.35. The summed E-state index contributed by atoms with van der Waals surface area (Å²) in [6, 6.07) is 4.76. The highest BCUT2D eigenvalue weighted by Crippen LogP contribution is 2.21. The van der Waals surface area contributed by atoms with E-state index in [-0.39, 0.29) is 11.4 Å². The van der Waals surface area contributed by atoms with E-state index in [2.05, 4.69) is 31.0 Å². The van der Waals surface area contributed by atoms with Crippen molar-refractivity contribution in [1.29, 1.82) is 0 Å². The third-order valence-electron chi connectivity index (χ3n) is 3.70. The van der Waals surface area contributed by atoms with Crippen molar-refractivity contribution in [2.45, 2.75) is 45.7 Å². The van der Waals surface area contributed by atoms with Crippen LogP contribution in [0.3, 0.4) is 0 Å². The number of nitrogens with zero attached hydrogens (tertiary/aromatic N) is 1. The van der Waals surface area contributed by atoms with Crippen molar-refractivity contribution >= 4 is 0 Å². The summed E-state index contributed by atoms with van der Waals surface area (Å²) in [5.74, 6) is 0.569. The van der Waals surface area contributed by atoms with E-state index in [1.807, 2.05) is 0 Å². The van der Waals surface area contributed by atoms with E-state index in [9.17, 15) is 4.39 Å². The van der Waals surface area contributed by atoms with Crippen LogP contribution in [-0.4, -0.2) is 36.7 Å². The quantitative estimate of drug-likeness (QED) is 0.872. The van der Waals surface area contributed by atoms with Crippen LogP contribution < -0.4 is 10.1 Å². The van der Waals surface area contributed by atoms with Gasteiger partial charge in [-0.3, -0.25) is 4.90 Å². The molecule has 1 fully saturated rings. The fourth-order valence-corrected chi connectivity index (χ4v) is 2.48. The van der Waals surface area contributed by atoms with E-state index < -0.39 is 0 Å². The van der Waals surface area contributed by atoms with Crippen LogP contribution in [0.5, 0.6) is 5.75 Å². The van der Waals surface area contributed by atoms with Crippen LogP contribution >= 0.6 is 0 Å². The van der Waals surface area contributed by atoms with Crippen molar-refractivity contribution in [2.75, 3.05) is 26.2 Å². The molecule has 21 heavy (non-hydrogen) atoms. The molecule has 0 aromatic heterocycles. The van der Waals surface area contributed by atoms with Crippen LogP contribution in [0.1, 0.15) is 39.2 Å². The second-order valence-corrected chi connectivity index (χ2v) is 6.75. The average molecular weight is 294 g/mol. The Morgan fingerprint density at radius 3 is 2.62 bits per heavy atom. The standard InChI is InChI=1S/C17H27FN2O/c1-17(2,3)19-13-14-12-15(18)6-7-16(14)21-11-10-20-8-4-5-9-20/h6-7,12,19H,4-5,8-11,13H2,1-3H3. The Morgan fingerprint density at radius 1 is 1.24 bits per heavy atom. The summed E-state index contributed by atoms with van der Waals surface area (Å²) < 4.78 is 19.3. The minimum absolute atomic E-state index is 0.000855. The van der Waals surface area contributed by atoms with E-state index in [0.717, 1.165) is 17.9 Å². The molecule has 2 rings (SSSR count). The molecule has 0 spiro atoms. The molecule has 0 saturated carbocycles. The highest BCUT2D eigenvalue weighted by Gasteiger charge is 2.13. The number of benzene rings is 1. The lowest BCUT2D eigenvalue weighted by molar-refractivity contribution is 0.235. The highest BCUT2D eigenvalue weighted by molar-refractivity contribution is 5.34. The van der Waals surface area contributed by atoms with Crippen LogP contribution in [0.2, 0.25) is 0 Å². The first kappa shape index (κ1) is 16.2. The predicted octanol–water partition coefficient (Wildman–Crippen LogP) is 3.19. The molecule has 118 valence electrons. The minimum Gasteiger partial charge on any atom is -0.492 e. The van der Waals surface area contributed by atoms with Crippen LogP contribution in [0.25, 0.3) is 0 Å². The average Bonchev–Trinajstić information content (AvgIpc) is 2.91. The molecule has 3 nitrogen and oxygen atoms in total. The molecular formula is C17H27FN2O. The van der Waals surface area contributed by atoms with Gasteiger partial charge in [0.25, 0.3) is 0 Å². The van der Waals surface area contributed by atoms with Crippen LogP contribution in [0, 0.1) is 5.82 Å². The Bertz CT molecular complexity index is 451. The number of hydrogen-bond donors (Lipinski definition) is 1. The van der Waals surface area contributed by atoms with E-state index in [0.29, 0.717) is 13.2 Å². The lowest BCUT2D eigenvalue weighted by Gasteiger charge is -2.22. The maximum Gasteiger partial charge on any atom is 0.124 e. The van der Waals surface area contributed by atoms with Gasteiger partial charge in [0.15, 0.2) is 0 Å². The first-order valence-corrected chi connectivity index (χ1v) is 7.83. The molecule has 0 unspecified atom stereocenters. The van der Waals surface area contributed by atoms with Gasteiger partial charge in [-0.05, 0) is 64.9 Å². The third-order valence-corrected chi connectivity index (χ3v) is 3.70. The summed E-state index contributed by atoms with van der Waals surface area (Å²) in [6.07, 6.45) is 2.58. The molecule has 1 aliphatic heterocycles. The molecule has 1 aromatic carbocycles. The number of likely N-dealkylation sites (tertiary alicyclic amines) is 1. The molecule has 0 radical (unpaired) electrons. The molecule has 0 amide bonds. The van der Waals surface area contributed by atoms with E-state index in [1.54, 1.807) is 12.1 Å². The maximum atomic E-state index is 13.4. The Balaban J connectivity index is 1.90. The van der Waals surface area contributed by atoms with Crippen molar-refractivity contribution in [3.63, 3.8) is 0 Å². The summed E-state index contributed by atoms with van der Waals surface area (Å²) in [5, 5.41) is 3.38. The zero-order valence-electron chi connectivity index (χ0n) is 13.4. The normalized spacial score (nSPS) is 16.4. The van der Waals surface area contributed by atoms with Gasteiger partial charge in [0, 0.05) is 24.2 Å². The molecule has 4 heteroatoms. The summed E-state index contributed by atoms with van der Waals surface area (Å²) in [5.41, 5.74) is 0.880. The fourth-order valence-electron chi connectivity index (χ4n) is 2.48. The smallest absolute Gasteiger partial charge is 0.124 e. The van der Waals surface area contributed by atoms with Crippen molar-refractivity contribution in [3.05, 3.63) is 29.6 Å². The van der Waals surface area contributed by atoms with Gasteiger partial charge in [0.2, 0.25) is 0 Å². The zero-order valence-corrected chi connectivity index (χ0v) is 13.4. The molecule has 1 N–H and O–H groups in total. The first-order chi connectivity index (χ1) is 9.94. The monoisotopic (exact) mass is 294 g/mol. The minimum atomic E-state index is -0.215. The topological polar surface area (TPSA) is 24.5 Å². The molecule has 1 heterocycles. The molecular weight excluding hydrogens is 267 g/mol. The summed E-state index contributed by atoms with van der Waals surface area (Å²) in [6.45, 7) is 10.9. The Hall–Kier alpha value is -1.13. The maximum absolute atomic E-state index is 13.4. The first-order valence-electron chi connectivity index (χ1n) is 7.83. The van der Waals surface area contributed by atoms with Crippen LogP contribution in [-0.2, 0) is 6.54 Å². The number of halogens is 1. The lowest BCUT2D eigenvalue weighted by atomic mass is 10.1. The van der Waals surface area contributed by atoms with Crippen molar-refractivity contribution in [3.8, 4) is 5.75 Å². The van der Waals surface area contributed by atoms with Crippen molar-refractivity contribution in [1.82, 2.24) is 10.2 Å². The van der Waals surface area contributed by atoms with E-state index in [4.69, 9.17) is 4.74 Å². The molecule has 1 aliphatic rings. The van der Waals surface area contributed by atoms with Gasteiger partial charge in [-0.25, -0.2) is 4.39 Å². The fraction of sp³-hybridized carbons (Fsp3) is 0.647. The molecule has 0 atom stereocenters. The SMILES string of the molecule is CC(C)(C)NCc1cc(F)ccc1OCCN1CCCC1. The Labute approximate surface area is 127 Å². The number of ether oxygens (including phenoxy) is 1. The number of rotatable bonds is 6. The predicted molar refractivity (Wildman–Crippen MR) is 84.2 cm³/mol. The number of nitrogens with one attached hydrogen (secondary N) is 1. The highest BCUT2D eigenvalue weighted by atomic mass is 19.1. The third kappa shape index (κ3) is 5.64. The van der Waals surface area contributed by atoms with Gasteiger partial charge in [0.1, 0.15) is 18.2 Å². The zero-order chi connectivity index (χ0) is 15.3. The second kappa shape index (κ2) is 7.23. The molecule has 0 bridgehead atoms. The summed E-state index contributed by atoms with van der Waals surface area (Å²) in [4.78, 5) is 2.41. The Kier molecular flexibility index (Phi) is 5.59. The van der Waals surface area contributed by atoms with Crippen molar-refractivity contribution in [2.24, 2.45) is 0 Å². The van der Waals surface area contributed by atoms with Crippen LogP contribution in [0.4, 0.5) is 4.39 Å². The summed E-state index contributed by atoms with van der Waals surface area (Å²) in [7, 11) is 0. The number of hydrogen-bond acceptors (Lipinski definition) is 3. The van der Waals surface area contributed by atoms with Gasteiger partial charge in [-0.2, -0.15) is 0 Å². The molecule has 1 saturated heterocycles. The molecule has 1 aromatic rings. The second-order valence-electron chi connectivity index (χ2n) is 6.75. The van der Waals surface area contributed by atoms with E-state index >= 15 is 0 Å². The Morgan fingerprint density at radius 2 is 1.95 bits per heavy atom. The van der Waals surface area contributed by atoms with Gasteiger partial charge in [-0.1, -0.05) is 0 Å². The van der Waals surface area contributed by atoms with Gasteiger partial charge in [-0.15, -0.1) is 0 Å². The van der Waals surface area contributed by atoms with Gasteiger partial charge < -0.3 is 10.1 Å². The van der Waals surface area contributed by atoms with Gasteiger partial charge >= 0.3 is 0 Å². The van der Waals surface area contributed by atoms with Crippen molar-refractivity contribution < 1.29 is 9.13 Å². The summed E-state index contributed by atoms with van der Waals surface area (Å²) >= 11 is 0. The van der Waals surface area contributed by atoms with Crippen LogP contribution in [0.15, 0.2) is 18.2 Å². The van der Waals surface area contributed by atoms with E-state index in [1.165, 1.54) is 32.0 Å².